The summed E-state index contributed by atoms with van der Waals surface area (Å²) in [6, 6.07) is 5.38. The standard InChI is InChI=1S/C15H23N3O4.HI/c1-20-12-8-7-11(10-13(12)21-2)18-15(16)17-9-5-4-6-14(19)22-3;/h7-8,10H,4-6,9H2,1-3H3,(H3,16,17,18);1H. The summed E-state index contributed by atoms with van der Waals surface area (Å²) in [5.74, 6) is 1.36. The Kier molecular flexibility index (Phi) is 10.9. The molecule has 1 aromatic rings. The highest BCUT2D eigenvalue weighted by molar-refractivity contribution is 14.0. The third-order valence-corrected chi connectivity index (χ3v) is 2.95. The Morgan fingerprint density at radius 1 is 1.17 bits per heavy atom. The zero-order valence-electron chi connectivity index (χ0n) is 13.6. The van der Waals surface area contributed by atoms with Gasteiger partial charge in [-0.05, 0) is 25.0 Å². The highest BCUT2D eigenvalue weighted by atomic mass is 127. The Morgan fingerprint density at radius 3 is 2.48 bits per heavy atom. The first kappa shape index (κ1) is 21.3. The minimum absolute atomic E-state index is 0. The number of guanidine groups is 1. The molecule has 0 heterocycles. The molecule has 0 atom stereocenters. The van der Waals surface area contributed by atoms with Gasteiger partial charge < -0.3 is 25.3 Å². The minimum atomic E-state index is -0.208. The molecule has 7 nitrogen and oxygen atoms in total. The zero-order chi connectivity index (χ0) is 16.4. The Hall–Kier alpha value is -1.71. The van der Waals surface area contributed by atoms with E-state index in [2.05, 4.69) is 15.0 Å². The van der Waals surface area contributed by atoms with Crippen LogP contribution in [0.15, 0.2) is 23.2 Å². The SMILES string of the molecule is COC(=O)CCCCN=C(N)Nc1ccc(OC)c(OC)c1.I. The molecule has 0 aliphatic rings. The van der Waals surface area contributed by atoms with Crippen LogP contribution in [-0.2, 0) is 9.53 Å². The monoisotopic (exact) mass is 437 g/mol. The first-order valence-electron chi connectivity index (χ1n) is 6.96. The molecule has 0 saturated carbocycles. The van der Waals surface area contributed by atoms with Gasteiger partial charge in [0.25, 0.3) is 0 Å². The van der Waals surface area contributed by atoms with E-state index < -0.39 is 0 Å². The first-order chi connectivity index (χ1) is 10.6. The van der Waals surface area contributed by atoms with E-state index in [9.17, 15) is 4.79 Å². The second-order valence-corrected chi connectivity index (χ2v) is 4.49. The van der Waals surface area contributed by atoms with Gasteiger partial charge >= 0.3 is 5.97 Å². The van der Waals surface area contributed by atoms with Gasteiger partial charge in [0, 0.05) is 24.7 Å². The molecule has 0 aliphatic carbocycles. The third-order valence-electron chi connectivity index (χ3n) is 2.95. The summed E-state index contributed by atoms with van der Waals surface area (Å²) in [4.78, 5) is 15.1. The van der Waals surface area contributed by atoms with E-state index in [1.807, 2.05) is 6.07 Å². The third kappa shape index (κ3) is 7.91. The van der Waals surface area contributed by atoms with Gasteiger partial charge in [-0.2, -0.15) is 0 Å². The number of nitrogens with two attached hydrogens (primary N) is 1. The summed E-state index contributed by atoms with van der Waals surface area (Å²) >= 11 is 0. The maximum Gasteiger partial charge on any atom is 0.305 e. The maximum absolute atomic E-state index is 10.9. The fraction of sp³-hybridized carbons (Fsp3) is 0.467. The normalized spacial score (nSPS) is 10.5. The first-order valence-corrected chi connectivity index (χ1v) is 6.96. The molecule has 0 saturated heterocycles. The van der Waals surface area contributed by atoms with Crippen LogP contribution in [0.1, 0.15) is 19.3 Å². The predicted molar refractivity (Wildman–Crippen MR) is 101 cm³/mol. The number of halogens is 1. The number of ether oxygens (including phenoxy) is 3. The smallest absolute Gasteiger partial charge is 0.305 e. The Morgan fingerprint density at radius 2 is 1.87 bits per heavy atom. The summed E-state index contributed by atoms with van der Waals surface area (Å²) in [6.07, 6.45) is 1.89. The number of aliphatic imine (C=N–C) groups is 1. The van der Waals surface area contributed by atoms with Crippen LogP contribution in [0.25, 0.3) is 0 Å². The summed E-state index contributed by atoms with van der Waals surface area (Å²) < 4.78 is 14.9. The number of nitrogens with zero attached hydrogens (tertiary/aromatic N) is 1. The van der Waals surface area contributed by atoms with Gasteiger partial charge in [-0.3, -0.25) is 9.79 Å². The van der Waals surface area contributed by atoms with Crippen LogP contribution < -0.4 is 20.5 Å². The number of unbranched alkanes of at least 4 members (excludes halogenated alkanes) is 1. The van der Waals surface area contributed by atoms with Gasteiger partial charge in [0.15, 0.2) is 17.5 Å². The molecule has 0 radical (unpaired) electrons. The fourth-order valence-electron chi connectivity index (χ4n) is 1.78. The molecule has 1 rings (SSSR count). The van der Waals surface area contributed by atoms with Crippen molar-refractivity contribution in [3.8, 4) is 11.5 Å². The zero-order valence-corrected chi connectivity index (χ0v) is 16.0. The fourth-order valence-corrected chi connectivity index (χ4v) is 1.78. The second kappa shape index (κ2) is 11.8. The van der Waals surface area contributed by atoms with E-state index in [0.29, 0.717) is 30.4 Å². The van der Waals surface area contributed by atoms with Crippen LogP contribution in [-0.4, -0.2) is 39.8 Å². The van der Waals surface area contributed by atoms with Gasteiger partial charge in [0.2, 0.25) is 0 Å². The number of carbonyl (C=O) groups excluding carboxylic acids is 1. The molecule has 0 aromatic heterocycles. The molecule has 0 spiro atoms. The number of nitrogens with one attached hydrogen (secondary N) is 1. The topological polar surface area (TPSA) is 95.2 Å². The average molecular weight is 437 g/mol. The lowest BCUT2D eigenvalue weighted by Crippen LogP contribution is -2.22. The minimum Gasteiger partial charge on any atom is -0.493 e. The largest absolute Gasteiger partial charge is 0.493 e. The van der Waals surface area contributed by atoms with E-state index in [1.165, 1.54) is 7.11 Å². The van der Waals surface area contributed by atoms with Crippen LogP contribution in [0, 0.1) is 0 Å². The van der Waals surface area contributed by atoms with Crippen molar-refractivity contribution in [1.29, 1.82) is 0 Å². The molecule has 8 heteroatoms. The molecule has 0 bridgehead atoms. The molecule has 0 aliphatic heterocycles. The quantitative estimate of drug-likeness (QED) is 0.213. The number of methoxy groups -OCH3 is 3. The average Bonchev–Trinajstić information content (AvgIpc) is 2.54. The van der Waals surface area contributed by atoms with Crippen molar-refractivity contribution in [1.82, 2.24) is 0 Å². The molecule has 1 aromatic carbocycles. The van der Waals surface area contributed by atoms with Crippen LogP contribution in [0.2, 0.25) is 0 Å². The molecule has 130 valence electrons. The van der Waals surface area contributed by atoms with Crippen molar-refractivity contribution in [3.63, 3.8) is 0 Å². The predicted octanol–water partition coefficient (Wildman–Crippen LogP) is 2.39. The molecule has 0 fully saturated rings. The van der Waals surface area contributed by atoms with Crippen LogP contribution in [0.3, 0.4) is 0 Å². The van der Waals surface area contributed by atoms with Gasteiger partial charge in [0.1, 0.15) is 0 Å². The van der Waals surface area contributed by atoms with Gasteiger partial charge in [-0.25, -0.2) is 0 Å². The number of hydrogen-bond donors (Lipinski definition) is 2. The van der Waals surface area contributed by atoms with Crippen molar-refractivity contribution in [2.75, 3.05) is 33.2 Å². The number of anilines is 1. The van der Waals surface area contributed by atoms with Crippen molar-refractivity contribution in [2.24, 2.45) is 10.7 Å². The summed E-state index contributed by atoms with van der Waals surface area (Å²) in [7, 11) is 4.53. The highest BCUT2D eigenvalue weighted by Crippen LogP contribution is 2.29. The van der Waals surface area contributed by atoms with Gasteiger partial charge in [0.05, 0.1) is 21.3 Å². The Balaban J connectivity index is 0.00000484. The van der Waals surface area contributed by atoms with Crippen LogP contribution in [0.5, 0.6) is 11.5 Å². The number of benzene rings is 1. The van der Waals surface area contributed by atoms with Gasteiger partial charge in [-0.15, -0.1) is 24.0 Å². The van der Waals surface area contributed by atoms with Crippen LogP contribution in [0.4, 0.5) is 5.69 Å². The van der Waals surface area contributed by atoms with Crippen molar-refractivity contribution < 1.29 is 19.0 Å². The van der Waals surface area contributed by atoms with Crippen LogP contribution >= 0.6 is 24.0 Å². The van der Waals surface area contributed by atoms with Crippen molar-refractivity contribution >= 4 is 41.6 Å². The summed E-state index contributed by atoms with van der Waals surface area (Å²) in [5, 5.41) is 2.98. The maximum atomic E-state index is 10.9. The summed E-state index contributed by atoms with van der Waals surface area (Å²) in [6.45, 7) is 0.545. The second-order valence-electron chi connectivity index (χ2n) is 4.49. The highest BCUT2D eigenvalue weighted by Gasteiger charge is 2.05. The van der Waals surface area contributed by atoms with Gasteiger partial charge in [-0.1, -0.05) is 0 Å². The summed E-state index contributed by atoms with van der Waals surface area (Å²) in [5.41, 5.74) is 6.57. The lowest BCUT2D eigenvalue weighted by molar-refractivity contribution is -0.140. The number of carbonyl (C=O) groups is 1. The number of rotatable bonds is 8. The number of esters is 1. The molecular formula is C15H24IN3O4. The molecule has 23 heavy (non-hydrogen) atoms. The van der Waals surface area contributed by atoms with E-state index in [0.717, 1.165) is 18.5 Å². The lowest BCUT2D eigenvalue weighted by atomic mass is 10.2. The Labute approximate surface area is 153 Å². The Bertz CT molecular complexity index is 523. The van der Waals surface area contributed by atoms with E-state index in [-0.39, 0.29) is 29.9 Å². The molecule has 0 amide bonds. The molecule has 3 N–H and O–H groups in total. The number of hydrogen-bond acceptors (Lipinski definition) is 5. The van der Waals surface area contributed by atoms with Crippen molar-refractivity contribution in [2.45, 2.75) is 19.3 Å². The van der Waals surface area contributed by atoms with Crippen molar-refractivity contribution in [3.05, 3.63) is 18.2 Å². The van der Waals surface area contributed by atoms with E-state index >= 15 is 0 Å². The van der Waals surface area contributed by atoms with E-state index in [1.54, 1.807) is 26.4 Å². The van der Waals surface area contributed by atoms with E-state index in [4.69, 9.17) is 15.2 Å². The lowest BCUT2D eigenvalue weighted by Gasteiger charge is -2.10. The molecule has 0 unspecified atom stereocenters. The molecular weight excluding hydrogens is 413 g/mol.